The fourth-order valence-electron chi connectivity index (χ4n) is 2.42. The van der Waals surface area contributed by atoms with Crippen LogP contribution in [-0.4, -0.2) is 48.4 Å². The molecule has 27 heavy (non-hydrogen) atoms. The summed E-state index contributed by atoms with van der Waals surface area (Å²) in [5.41, 5.74) is 6.38. The normalized spacial score (nSPS) is 15.2. The minimum absolute atomic E-state index is 0.243. The molecule has 1 aromatic heterocycles. The van der Waals surface area contributed by atoms with E-state index in [2.05, 4.69) is 20.7 Å². The molecule has 7 nitrogen and oxygen atoms in total. The van der Waals surface area contributed by atoms with E-state index in [0.29, 0.717) is 18.9 Å². The lowest BCUT2D eigenvalue weighted by Gasteiger charge is -2.25. The number of ether oxygens (including phenoxy) is 1. The second-order valence-corrected chi connectivity index (χ2v) is 8.16. The molecular weight excluding hydrogens is 384 g/mol. The van der Waals surface area contributed by atoms with Gasteiger partial charge in [-0.15, -0.1) is 23.1 Å². The molecule has 9 heteroatoms. The Morgan fingerprint density at radius 1 is 1.26 bits per heavy atom. The molecule has 144 valence electrons. The number of hydrogen-bond donors (Lipinski definition) is 2. The van der Waals surface area contributed by atoms with Crippen molar-refractivity contribution in [3.05, 3.63) is 47.0 Å². The van der Waals surface area contributed by atoms with Crippen LogP contribution in [0.3, 0.4) is 0 Å². The highest BCUT2D eigenvalue weighted by molar-refractivity contribution is 7.99. The average Bonchev–Trinajstić information content (AvgIpc) is 3.22. The third kappa shape index (κ3) is 5.69. The number of morpholine rings is 1. The first-order valence-corrected chi connectivity index (χ1v) is 10.6. The SMILES string of the molecule is C[C@@H](SCc1ccccc1)C(=O)NNC(=O)c1csc(N2CCOCC2)n1. The third-order valence-electron chi connectivity index (χ3n) is 4.02. The highest BCUT2D eigenvalue weighted by Gasteiger charge is 2.19. The lowest BCUT2D eigenvalue weighted by molar-refractivity contribution is -0.121. The van der Waals surface area contributed by atoms with Crippen molar-refractivity contribution in [2.75, 3.05) is 31.2 Å². The maximum atomic E-state index is 12.2. The maximum absolute atomic E-state index is 12.2. The number of benzene rings is 1. The molecule has 2 heterocycles. The number of thiazole rings is 1. The van der Waals surface area contributed by atoms with Gasteiger partial charge in [0.15, 0.2) is 5.13 Å². The van der Waals surface area contributed by atoms with Gasteiger partial charge in [0, 0.05) is 24.2 Å². The minimum atomic E-state index is -0.417. The predicted molar refractivity (Wildman–Crippen MR) is 108 cm³/mol. The van der Waals surface area contributed by atoms with Crippen LogP contribution in [0.15, 0.2) is 35.7 Å². The summed E-state index contributed by atoms with van der Waals surface area (Å²) in [6, 6.07) is 9.95. The molecule has 2 N–H and O–H groups in total. The zero-order chi connectivity index (χ0) is 19.1. The van der Waals surface area contributed by atoms with Crippen LogP contribution in [0.25, 0.3) is 0 Å². The van der Waals surface area contributed by atoms with E-state index in [0.717, 1.165) is 29.5 Å². The smallest absolute Gasteiger partial charge is 0.289 e. The van der Waals surface area contributed by atoms with Crippen LogP contribution in [0.5, 0.6) is 0 Å². The Morgan fingerprint density at radius 3 is 2.74 bits per heavy atom. The molecule has 1 fully saturated rings. The number of nitrogens with zero attached hydrogens (tertiary/aromatic N) is 2. The van der Waals surface area contributed by atoms with Crippen LogP contribution in [0.2, 0.25) is 0 Å². The van der Waals surface area contributed by atoms with E-state index in [9.17, 15) is 9.59 Å². The zero-order valence-electron chi connectivity index (χ0n) is 15.0. The van der Waals surface area contributed by atoms with Crippen molar-refractivity contribution in [2.45, 2.75) is 17.9 Å². The highest BCUT2D eigenvalue weighted by Crippen LogP contribution is 2.21. The first-order chi connectivity index (χ1) is 13.1. The number of aromatic nitrogens is 1. The van der Waals surface area contributed by atoms with Crippen molar-refractivity contribution in [3.8, 4) is 0 Å². The quantitative estimate of drug-likeness (QED) is 0.715. The van der Waals surface area contributed by atoms with Gasteiger partial charge < -0.3 is 9.64 Å². The number of carbonyl (C=O) groups is 2. The van der Waals surface area contributed by atoms with Gasteiger partial charge in [0.25, 0.3) is 11.8 Å². The predicted octanol–water partition coefficient (Wildman–Crippen LogP) is 2.06. The zero-order valence-corrected chi connectivity index (χ0v) is 16.6. The van der Waals surface area contributed by atoms with Crippen molar-refractivity contribution in [3.63, 3.8) is 0 Å². The molecule has 0 saturated carbocycles. The van der Waals surface area contributed by atoms with Gasteiger partial charge in [-0.3, -0.25) is 20.4 Å². The second kappa shape index (κ2) is 9.72. The van der Waals surface area contributed by atoms with Gasteiger partial charge in [-0.1, -0.05) is 30.3 Å². The number of hydrazine groups is 1. The average molecular weight is 407 g/mol. The lowest BCUT2D eigenvalue weighted by atomic mass is 10.2. The van der Waals surface area contributed by atoms with E-state index in [1.807, 2.05) is 37.3 Å². The fourth-order valence-corrected chi connectivity index (χ4v) is 4.13. The Labute approximate surface area is 166 Å². The Hall–Kier alpha value is -2.10. The van der Waals surface area contributed by atoms with E-state index >= 15 is 0 Å². The lowest BCUT2D eigenvalue weighted by Crippen LogP contribution is -2.45. The van der Waals surface area contributed by atoms with Gasteiger partial charge in [-0.05, 0) is 12.5 Å². The molecule has 0 unspecified atom stereocenters. The van der Waals surface area contributed by atoms with Gasteiger partial charge in [-0.2, -0.15) is 0 Å². The minimum Gasteiger partial charge on any atom is -0.378 e. The first-order valence-electron chi connectivity index (χ1n) is 8.67. The van der Waals surface area contributed by atoms with Crippen LogP contribution in [0.1, 0.15) is 23.0 Å². The molecule has 0 spiro atoms. The van der Waals surface area contributed by atoms with Crippen molar-refractivity contribution in [2.24, 2.45) is 0 Å². The molecular formula is C18H22N4O3S2. The summed E-state index contributed by atoms with van der Waals surface area (Å²) in [6.07, 6.45) is 0. The maximum Gasteiger partial charge on any atom is 0.289 e. The standard InChI is InChI=1S/C18H22N4O3S2/c1-13(26-11-14-5-3-2-4-6-14)16(23)20-21-17(24)15-12-27-18(19-15)22-7-9-25-10-8-22/h2-6,12-13H,7-11H2,1H3,(H,20,23)(H,21,24)/t13-/m1/s1. The Kier molecular flexibility index (Phi) is 7.08. The Balaban J connectivity index is 1.44. The molecule has 0 bridgehead atoms. The summed E-state index contributed by atoms with van der Waals surface area (Å²) in [5.74, 6) is 0.0746. The van der Waals surface area contributed by atoms with Crippen LogP contribution >= 0.6 is 23.1 Å². The van der Waals surface area contributed by atoms with E-state index in [4.69, 9.17) is 4.74 Å². The molecule has 1 saturated heterocycles. The molecule has 2 aromatic rings. The molecule has 1 aromatic carbocycles. The third-order valence-corrected chi connectivity index (χ3v) is 6.13. The van der Waals surface area contributed by atoms with Gasteiger partial charge in [0.05, 0.1) is 18.5 Å². The monoisotopic (exact) mass is 406 g/mol. The fraction of sp³-hybridized carbons (Fsp3) is 0.389. The second-order valence-electron chi connectivity index (χ2n) is 6.00. The van der Waals surface area contributed by atoms with Gasteiger partial charge in [-0.25, -0.2) is 4.98 Å². The van der Waals surface area contributed by atoms with Gasteiger partial charge in [0.1, 0.15) is 5.69 Å². The summed E-state index contributed by atoms with van der Waals surface area (Å²) < 4.78 is 5.32. The van der Waals surface area contributed by atoms with Crippen LogP contribution < -0.4 is 15.8 Å². The molecule has 0 radical (unpaired) electrons. The number of carbonyl (C=O) groups excluding carboxylic acids is 2. The number of nitrogens with one attached hydrogen (secondary N) is 2. The van der Waals surface area contributed by atoms with Crippen molar-refractivity contribution >= 4 is 40.0 Å². The van der Waals surface area contributed by atoms with Crippen molar-refractivity contribution < 1.29 is 14.3 Å². The largest absolute Gasteiger partial charge is 0.378 e. The van der Waals surface area contributed by atoms with Crippen LogP contribution in [0.4, 0.5) is 5.13 Å². The molecule has 2 amide bonds. The number of rotatable bonds is 6. The van der Waals surface area contributed by atoms with Crippen LogP contribution in [-0.2, 0) is 15.3 Å². The van der Waals surface area contributed by atoms with Gasteiger partial charge in [0.2, 0.25) is 0 Å². The highest BCUT2D eigenvalue weighted by atomic mass is 32.2. The summed E-state index contributed by atoms with van der Waals surface area (Å²) in [7, 11) is 0. The molecule has 0 aliphatic carbocycles. The van der Waals surface area contributed by atoms with Crippen molar-refractivity contribution in [1.29, 1.82) is 0 Å². The number of amides is 2. The van der Waals surface area contributed by atoms with E-state index in [-0.39, 0.29) is 11.2 Å². The van der Waals surface area contributed by atoms with Crippen LogP contribution in [0, 0.1) is 0 Å². The first kappa shape index (κ1) is 19.7. The Bertz CT molecular complexity index is 763. The van der Waals surface area contributed by atoms with E-state index in [1.165, 1.54) is 23.1 Å². The molecule has 3 rings (SSSR count). The van der Waals surface area contributed by atoms with Gasteiger partial charge >= 0.3 is 0 Å². The summed E-state index contributed by atoms with van der Waals surface area (Å²) in [5, 5.41) is 2.20. The number of hydrogen-bond acceptors (Lipinski definition) is 7. The number of thioether (sulfide) groups is 1. The van der Waals surface area contributed by atoms with E-state index < -0.39 is 5.91 Å². The summed E-state index contributed by atoms with van der Waals surface area (Å²) in [4.78, 5) is 30.8. The molecule has 1 atom stereocenters. The van der Waals surface area contributed by atoms with Crippen molar-refractivity contribution in [1.82, 2.24) is 15.8 Å². The number of anilines is 1. The molecule has 1 aliphatic rings. The summed E-state index contributed by atoms with van der Waals surface area (Å²) in [6.45, 7) is 4.67. The molecule has 1 aliphatic heterocycles. The summed E-state index contributed by atoms with van der Waals surface area (Å²) >= 11 is 2.92. The van der Waals surface area contributed by atoms with E-state index in [1.54, 1.807) is 5.38 Å². The topological polar surface area (TPSA) is 83.6 Å². The Morgan fingerprint density at radius 2 is 2.00 bits per heavy atom.